The molecule has 1 aliphatic heterocycles. The van der Waals surface area contributed by atoms with Crippen LogP contribution in [0.15, 0.2) is 48.5 Å². The van der Waals surface area contributed by atoms with Gasteiger partial charge in [0, 0.05) is 31.9 Å². The molecule has 0 unspecified atom stereocenters. The van der Waals surface area contributed by atoms with Gasteiger partial charge in [0.15, 0.2) is 5.11 Å². The maximum absolute atomic E-state index is 9.97. The molecular weight excluding hydrogens is 306 g/mol. The second kappa shape index (κ2) is 6.87. The molecule has 2 aromatic carbocycles. The van der Waals surface area contributed by atoms with E-state index >= 15 is 0 Å². The lowest BCUT2D eigenvalue weighted by atomic mass is 10.2. The van der Waals surface area contributed by atoms with E-state index < -0.39 is 0 Å². The molecule has 23 heavy (non-hydrogen) atoms. The topological polar surface area (TPSA) is 38.7 Å². The zero-order valence-electron chi connectivity index (χ0n) is 13.2. The third-order valence-corrected chi connectivity index (χ3v) is 4.54. The summed E-state index contributed by atoms with van der Waals surface area (Å²) in [6, 6.07) is 15.6. The minimum atomic E-state index is 0.335. The summed E-state index contributed by atoms with van der Waals surface area (Å²) in [6.07, 6.45) is 0. The Kier molecular flexibility index (Phi) is 4.67. The first kappa shape index (κ1) is 15.6. The van der Waals surface area contributed by atoms with Crippen molar-refractivity contribution in [2.75, 3.05) is 36.4 Å². The summed E-state index contributed by atoms with van der Waals surface area (Å²) in [4.78, 5) is 4.38. The van der Waals surface area contributed by atoms with Crippen LogP contribution in [0.4, 0.5) is 11.4 Å². The van der Waals surface area contributed by atoms with E-state index in [2.05, 4.69) is 28.1 Å². The maximum Gasteiger partial charge on any atom is 0.173 e. The van der Waals surface area contributed by atoms with Crippen molar-refractivity contribution in [2.45, 2.75) is 6.92 Å². The van der Waals surface area contributed by atoms with Gasteiger partial charge in [-0.25, -0.2) is 0 Å². The Morgan fingerprint density at radius 1 is 1.00 bits per heavy atom. The number of piperazine rings is 1. The molecule has 1 fully saturated rings. The molecule has 5 heteroatoms. The number of aryl methyl sites for hydroxylation is 1. The van der Waals surface area contributed by atoms with E-state index in [-0.39, 0.29) is 0 Å². The maximum atomic E-state index is 9.97. The number of hydrogen-bond donors (Lipinski definition) is 2. The van der Waals surface area contributed by atoms with Crippen LogP contribution in [0.5, 0.6) is 5.75 Å². The first-order valence-electron chi connectivity index (χ1n) is 7.79. The number of benzene rings is 2. The van der Waals surface area contributed by atoms with E-state index in [4.69, 9.17) is 12.2 Å². The standard InChI is InChI=1S/C18H21N3OS/c1-14-6-2-3-7-15(14)19-18(23)21-12-10-20(11-13-21)16-8-4-5-9-17(16)22/h2-9,22H,10-13H2,1H3,(H,19,23). The van der Waals surface area contributed by atoms with Gasteiger partial charge in [-0.15, -0.1) is 0 Å². The van der Waals surface area contributed by atoms with Crippen LogP contribution in [0.25, 0.3) is 0 Å². The zero-order valence-corrected chi connectivity index (χ0v) is 14.0. The Bertz CT molecular complexity index is 696. The van der Waals surface area contributed by atoms with Crippen molar-refractivity contribution in [3.8, 4) is 5.75 Å². The molecule has 1 saturated heterocycles. The molecule has 120 valence electrons. The van der Waals surface area contributed by atoms with Crippen molar-refractivity contribution in [3.05, 3.63) is 54.1 Å². The number of anilines is 2. The third kappa shape index (κ3) is 3.56. The molecule has 1 heterocycles. The number of thiocarbonyl (C=S) groups is 1. The van der Waals surface area contributed by atoms with Crippen molar-refractivity contribution in [1.29, 1.82) is 0 Å². The predicted molar refractivity (Wildman–Crippen MR) is 99.3 cm³/mol. The van der Waals surface area contributed by atoms with Gasteiger partial charge in [0.2, 0.25) is 0 Å². The number of para-hydroxylation sites is 3. The van der Waals surface area contributed by atoms with Crippen LogP contribution in [-0.4, -0.2) is 41.3 Å². The highest BCUT2D eigenvalue weighted by Gasteiger charge is 2.20. The van der Waals surface area contributed by atoms with Crippen LogP contribution in [0.3, 0.4) is 0 Å². The molecule has 3 rings (SSSR count). The largest absolute Gasteiger partial charge is 0.506 e. The second-order valence-electron chi connectivity index (χ2n) is 5.71. The van der Waals surface area contributed by atoms with Gasteiger partial charge in [0.1, 0.15) is 5.75 Å². The summed E-state index contributed by atoms with van der Waals surface area (Å²) < 4.78 is 0. The first-order valence-corrected chi connectivity index (χ1v) is 8.20. The van der Waals surface area contributed by atoms with Crippen LogP contribution in [0.1, 0.15) is 5.56 Å². The Balaban J connectivity index is 1.60. The normalized spacial score (nSPS) is 14.7. The fraction of sp³-hybridized carbons (Fsp3) is 0.278. The second-order valence-corrected chi connectivity index (χ2v) is 6.09. The fourth-order valence-corrected chi connectivity index (χ4v) is 3.08. The number of phenols is 1. The minimum Gasteiger partial charge on any atom is -0.506 e. The lowest BCUT2D eigenvalue weighted by molar-refractivity contribution is 0.387. The monoisotopic (exact) mass is 327 g/mol. The molecule has 2 N–H and O–H groups in total. The zero-order chi connectivity index (χ0) is 16.2. The average molecular weight is 327 g/mol. The van der Waals surface area contributed by atoms with Crippen LogP contribution < -0.4 is 10.2 Å². The van der Waals surface area contributed by atoms with Gasteiger partial charge in [0.25, 0.3) is 0 Å². The quantitative estimate of drug-likeness (QED) is 0.829. The van der Waals surface area contributed by atoms with Crippen molar-refractivity contribution in [1.82, 2.24) is 4.90 Å². The molecule has 4 nitrogen and oxygen atoms in total. The molecule has 0 atom stereocenters. The lowest BCUT2D eigenvalue weighted by Gasteiger charge is -2.37. The van der Waals surface area contributed by atoms with Gasteiger partial charge in [-0.1, -0.05) is 30.3 Å². The Labute approximate surface area is 142 Å². The molecule has 0 aromatic heterocycles. The molecule has 0 bridgehead atoms. The number of nitrogens with zero attached hydrogens (tertiary/aromatic N) is 2. The fourth-order valence-electron chi connectivity index (χ4n) is 2.79. The summed E-state index contributed by atoms with van der Waals surface area (Å²) in [6.45, 7) is 5.43. The predicted octanol–water partition coefficient (Wildman–Crippen LogP) is 3.22. The van der Waals surface area contributed by atoms with Gasteiger partial charge in [-0.3, -0.25) is 0 Å². The first-order chi connectivity index (χ1) is 11.1. The summed E-state index contributed by atoms with van der Waals surface area (Å²) in [5, 5.41) is 14.1. The molecule has 1 aliphatic rings. The average Bonchev–Trinajstić information content (AvgIpc) is 2.57. The summed E-state index contributed by atoms with van der Waals surface area (Å²) in [5.41, 5.74) is 3.13. The van der Waals surface area contributed by atoms with Gasteiger partial charge in [0.05, 0.1) is 5.69 Å². The van der Waals surface area contributed by atoms with E-state index in [1.165, 1.54) is 5.56 Å². The van der Waals surface area contributed by atoms with Crippen molar-refractivity contribution in [2.24, 2.45) is 0 Å². The molecule has 0 radical (unpaired) electrons. The van der Waals surface area contributed by atoms with Crippen molar-refractivity contribution in [3.63, 3.8) is 0 Å². The van der Waals surface area contributed by atoms with Gasteiger partial charge in [-0.2, -0.15) is 0 Å². The van der Waals surface area contributed by atoms with Gasteiger partial charge >= 0.3 is 0 Å². The van der Waals surface area contributed by atoms with Crippen molar-refractivity contribution < 1.29 is 5.11 Å². The number of rotatable bonds is 2. The SMILES string of the molecule is Cc1ccccc1NC(=S)N1CCN(c2ccccc2O)CC1. The molecule has 0 saturated carbocycles. The molecule has 2 aromatic rings. The highest BCUT2D eigenvalue weighted by atomic mass is 32.1. The third-order valence-electron chi connectivity index (χ3n) is 4.18. The van der Waals surface area contributed by atoms with Gasteiger partial charge < -0.3 is 20.2 Å². The molecule has 0 amide bonds. The highest BCUT2D eigenvalue weighted by molar-refractivity contribution is 7.80. The lowest BCUT2D eigenvalue weighted by Crippen LogP contribution is -2.50. The molecule has 0 aliphatic carbocycles. The minimum absolute atomic E-state index is 0.335. The van der Waals surface area contributed by atoms with E-state index in [1.54, 1.807) is 6.07 Å². The molecular formula is C18H21N3OS. The van der Waals surface area contributed by atoms with E-state index in [1.807, 2.05) is 36.4 Å². The van der Waals surface area contributed by atoms with Crippen LogP contribution >= 0.6 is 12.2 Å². The summed E-state index contributed by atoms with van der Waals surface area (Å²) in [7, 11) is 0. The Morgan fingerprint density at radius 2 is 1.65 bits per heavy atom. The van der Waals surface area contributed by atoms with Crippen LogP contribution in [-0.2, 0) is 0 Å². The van der Waals surface area contributed by atoms with E-state index in [0.29, 0.717) is 5.75 Å². The van der Waals surface area contributed by atoms with Crippen LogP contribution in [0, 0.1) is 6.92 Å². The summed E-state index contributed by atoms with van der Waals surface area (Å²) >= 11 is 5.54. The number of nitrogens with one attached hydrogen (secondary N) is 1. The Morgan fingerprint density at radius 3 is 2.35 bits per heavy atom. The van der Waals surface area contributed by atoms with Crippen LogP contribution in [0.2, 0.25) is 0 Å². The molecule has 0 spiro atoms. The number of phenolic OH excluding ortho intramolecular Hbond substituents is 1. The highest BCUT2D eigenvalue weighted by Crippen LogP contribution is 2.27. The van der Waals surface area contributed by atoms with Crippen molar-refractivity contribution >= 4 is 28.7 Å². The van der Waals surface area contributed by atoms with E-state index in [9.17, 15) is 5.11 Å². The number of aromatic hydroxyl groups is 1. The van der Waals surface area contributed by atoms with E-state index in [0.717, 1.165) is 42.7 Å². The summed E-state index contributed by atoms with van der Waals surface area (Å²) in [5.74, 6) is 0.335. The van der Waals surface area contributed by atoms with Gasteiger partial charge in [-0.05, 0) is 42.9 Å². The number of hydrogen-bond acceptors (Lipinski definition) is 3. The smallest absolute Gasteiger partial charge is 0.173 e. The Hall–Kier alpha value is -2.27.